The van der Waals surface area contributed by atoms with E-state index in [4.69, 9.17) is 5.26 Å². The quantitative estimate of drug-likeness (QED) is 0.733. The van der Waals surface area contributed by atoms with Gasteiger partial charge in [-0.15, -0.1) is 0 Å². The number of nitrogens with one attached hydrogen (secondary N) is 1. The van der Waals surface area contributed by atoms with Gasteiger partial charge in [0, 0.05) is 38.3 Å². The summed E-state index contributed by atoms with van der Waals surface area (Å²) in [6.07, 6.45) is 11.0. The number of nitriles is 1. The Morgan fingerprint density at radius 2 is 1.75 bits per heavy atom. The number of anilines is 1. The van der Waals surface area contributed by atoms with E-state index in [2.05, 4.69) is 38.9 Å². The number of hydrogen-bond acceptors (Lipinski definition) is 6. The van der Waals surface area contributed by atoms with Crippen molar-refractivity contribution in [2.24, 2.45) is 11.8 Å². The van der Waals surface area contributed by atoms with Gasteiger partial charge in [-0.1, -0.05) is 6.42 Å². The standard InChI is InChI=1S/C24H37N7O/c1-18-15-30(23-27-13-22(12-25)14-28-23)16-19(2)31(18)24(32)26-9-6-20-7-10-29(11-8-20)17-21-4-3-5-21/h13-14,18-21H,3-11,15-17H2,1-2H3,(H,26,32)/t18-,19+. The summed E-state index contributed by atoms with van der Waals surface area (Å²) in [4.78, 5) is 28.3. The lowest BCUT2D eigenvalue weighted by Crippen LogP contribution is -2.61. The molecule has 0 bridgehead atoms. The molecule has 4 rings (SSSR count). The van der Waals surface area contributed by atoms with Gasteiger partial charge in [0.1, 0.15) is 6.07 Å². The van der Waals surface area contributed by atoms with Crippen LogP contribution in [0.4, 0.5) is 10.7 Å². The van der Waals surface area contributed by atoms with Gasteiger partial charge in [-0.2, -0.15) is 5.26 Å². The minimum absolute atomic E-state index is 0.0350. The van der Waals surface area contributed by atoms with Gasteiger partial charge in [0.05, 0.1) is 18.0 Å². The molecule has 8 nitrogen and oxygen atoms in total. The molecule has 1 aromatic rings. The predicted octanol–water partition coefficient (Wildman–Crippen LogP) is 2.86. The predicted molar refractivity (Wildman–Crippen MR) is 124 cm³/mol. The Morgan fingerprint density at radius 3 is 2.31 bits per heavy atom. The highest BCUT2D eigenvalue weighted by molar-refractivity contribution is 5.75. The number of piperidine rings is 1. The normalized spacial score (nSPS) is 25.3. The van der Waals surface area contributed by atoms with Crippen LogP contribution in [0, 0.1) is 23.2 Å². The van der Waals surface area contributed by atoms with Gasteiger partial charge >= 0.3 is 6.03 Å². The molecule has 8 heteroatoms. The van der Waals surface area contributed by atoms with Crippen LogP contribution in [-0.4, -0.2) is 77.2 Å². The number of piperazine rings is 1. The summed E-state index contributed by atoms with van der Waals surface area (Å²) in [5, 5.41) is 12.1. The summed E-state index contributed by atoms with van der Waals surface area (Å²) in [5.74, 6) is 2.30. The largest absolute Gasteiger partial charge is 0.338 e. The molecule has 1 aliphatic carbocycles. The van der Waals surface area contributed by atoms with Gasteiger partial charge in [0.25, 0.3) is 0 Å². The van der Waals surface area contributed by atoms with E-state index in [0.29, 0.717) is 24.6 Å². The fraction of sp³-hybridized carbons (Fsp3) is 0.750. The molecule has 2 saturated heterocycles. The lowest BCUT2D eigenvalue weighted by atomic mass is 9.84. The van der Waals surface area contributed by atoms with Crippen molar-refractivity contribution in [1.82, 2.24) is 25.1 Å². The van der Waals surface area contributed by atoms with E-state index in [1.165, 1.54) is 51.7 Å². The van der Waals surface area contributed by atoms with Crippen LogP contribution in [0.15, 0.2) is 12.4 Å². The van der Waals surface area contributed by atoms with Crippen LogP contribution in [-0.2, 0) is 0 Å². The molecule has 2 atom stereocenters. The van der Waals surface area contributed by atoms with Crippen LogP contribution in [0.2, 0.25) is 0 Å². The number of urea groups is 1. The Bertz CT molecular complexity index is 784. The number of rotatable bonds is 6. The Hall–Kier alpha value is -2.40. The maximum Gasteiger partial charge on any atom is 0.318 e. The molecule has 2 aliphatic heterocycles. The molecule has 0 spiro atoms. The smallest absolute Gasteiger partial charge is 0.318 e. The lowest BCUT2D eigenvalue weighted by molar-refractivity contribution is 0.126. The Kier molecular flexibility index (Phi) is 7.46. The molecule has 1 aromatic heterocycles. The first-order valence-electron chi connectivity index (χ1n) is 12.3. The fourth-order valence-electron chi connectivity index (χ4n) is 5.40. The van der Waals surface area contributed by atoms with Crippen LogP contribution in [0.5, 0.6) is 0 Å². The summed E-state index contributed by atoms with van der Waals surface area (Å²) < 4.78 is 0. The third-order valence-corrected chi connectivity index (χ3v) is 7.48. The third kappa shape index (κ3) is 5.50. The van der Waals surface area contributed by atoms with Crippen molar-refractivity contribution >= 4 is 12.0 Å². The lowest BCUT2D eigenvalue weighted by Gasteiger charge is -2.44. The maximum absolute atomic E-state index is 12.9. The zero-order chi connectivity index (χ0) is 22.5. The fourth-order valence-corrected chi connectivity index (χ4v) is 5.40. The first kappa shape index (κ1) is 22.8. The van der Waals surface area contributed by atoms with E-state index in [0.717, 1.165) is 24.8 Å². The number of aromatic nitrogens is 2. The van der Waals surface area contributed by atoms with Crippen LogP contribution in [0.3, 0.4) is 0 Å². The second-order valence-electron chi connectivity index (χ2n) is 9.96. The SMILES string of the molecule is C[C@@H]1CN(c2ncc(C#N)cn2)C[C@H](C)N1C(=O)NCCC1CCN(CC2CCC2)CC1. The third-order valence-electron chi connectivity index (χ3n) is 7.48. The van der Waals surface area contributed by atoms with Crippen molar-refractivity contribution in [3.05, 3.63) is 18.0 Å². The Labute approximate surface area is 192 Å². The van der Waals surface area contributed by atoms with Crippen LogP contribution >= 0.6 is 0 Å². The highest BCUT2D eigenvalue weighted by atomic mass is 16.2. The number of amides is 2. The molecule has 1 saturated carbocycles. The summed E-state index contributed by atoms with van der Waals surface area (Å²) >= 11 is 0. The van der Waals surface area contributed by atoms with Gasteiger partial charge in [-0.25, -0.2) is 14.8 Å². The molecule has 174 valence electrons. The summed E-state index contributed by atoms with van der Waals surface area (Å²) in [6, 6.07) is 2.21. The average Bonchev–Trinajstić information content (AvgIpc) is 2.77. The average molecular weight is 440 g/mol. The monoisotopic (exact) mass is 439 g/mol. The summed E-state index contributed by atoms with van der Waals surface area (Å²) in [5.41, 5.74) is 0.455. The van der Waals surface area contributed by atoms with Crippen LogP contribution in [0.25, 0.3) is 0 Å². The molecule has 0 aromatic carbocycles. The Balaban J connectivity index is 1.18. The van der Waals surface area contributed by atoms with E-state index < -0.39 is 0 Å². The van der Waals surface area contributed by atoms with Crippen molar-refractivity contribution in [2.75, 3.05) is 44.2 Å². The minimum Gasteiger partial charge on any atom is -0.338 e. The molecule has 3 aliphatic rings. The van der Waals surface area contributed by atoms with Crippen LogP contribution < -0.4 is 10.2 Å². The summed E-state index contributed by atoms with van der Waals surface area (Å²) in [7, 11) is 0. The highest BCUT2D eigenvalue weighted by Gasteiger charge is 2.34. The van der Waals surface area contributed by atoms with Crippen molar-refractivity contribution in [2.45, 2.75) is 64.5 Å². The van der Waals surface area contributed by atoms with E-state index in [1.807, 2.05) is 11.0 Å². The topological polar surface area (TPSA) is 88.4 Å². The van der Waals surface area contributed by atoms with Gasteiger partial charge < -0.3 is 20.0 Å². The maximum atomic E-state index is 12.9. The van der Waals surface area contributed by atoms with Crippen molar-refractivity contribution in [1.29, 1.82) is 5.26 Å². The van der Waals surface area contributed by atoms with Gasteiger partial charge in [0.2, 0.25) is 5.95 Å². The number of likely N-dealkylation sites (tertiary alicyclic amines) is 1. The van der Waals surface area contributed by atoms with E-state index >= 15 is 0 Å². The van der Waals surface area contributed by atoms with E-state index in [1.54, 1.807) is 12.4 Å². The second-order valence-corrected chi connectivity index (χ2v) is 9.96. The van der Waals surface area contributed by atoms with Gasteiger partial charge in [0.15, 0.2) is 0 Å². The van der Waals surface area contributed by atoms with Gasteiger partial charge in [-0.05, 0) is 70.9 Å². The zero-order valence-electron chi connectivity index (χ0n) is 19.5. The number of hydrogen-bond donors (Lipinski definition) is 1. The van der Waals surface area contributed by atoms with Crippen molar-refractivity contribution in [3.8, 4) is 6.07 Å². The van der Waals surface area contributed by atoms with Crippen molar-refractivity contribution < 1.29 is 4.79 Å². The van der Waals surface area contributed by atoms with E-state index in [9.17, 15) is 4.79 Å². The Morgan fingerprint density at radius 1 is 1.09 bits per heavy atom. The van der Waals surface area contributed by atoms with Crippen molar-refractivity contribution in [3.63, 3.8) is 0 Å². The molecule has 3 fully saturated rings. The number of carbonyl (C=O) groups excluding carboxylic acids is 1. The molecule has 32 heavy (non-hydrogen) atoms. The number of carbonyl (C=O) groups is 1. The van der Waals surface area contributed by atoms with Crippen LogP contribution in [0.1, 0.15) is 57.9 Å². The summed E-state index contributed by atoms with van der Waals surface area (Å²) in [6.45, 7) is 10.0. The first-order chi connectivity index (χ1) is 15.5. The molecule has 0 radical (unpaired) electrons. The molecule has 1 N–H and O–H groups in total. The molecule has 0 unspecified atom stereocenters. The zero-order valence-corrected chi connectivity index (χ0v) is 19.5. The molecule has 3 heterocycles. The molecular formula is C24H37N7O. The second kappa shape index (κ2) is 10.5. The highest BCUT2D eigenvalue weighted by Crippen LogP contribution is 2.29. The minimum atomic E-state index is 0.0350. The first-order valence-corrected chi connectivity index (χ1v) is 12.3. The number of nitrogens with zero attached hydrogens (tertiary/aromatic N) is 6. The van der Waals surface area contributed by atoms with E-state index in [-0.39, 0.29) is 18.1 Å². The van der Waals surface area contributed by atoms with Gasteiger partial charge in [-0.3, -0.25) is 0 Å². The molecular weight excluding hydrogens is 402 g/mol. The molecule has 2 amide bonds.